The Bertz CT molecular complexity index is 1390. The smallest absolute Gasteiger partial charge is 0.272 e. The molecule has 0 unspecified atom stereocenters. The number of halogens is 2. The number of thiophene rings is 1. The lowest BCUT2D eigenvalue weighted by Crippen LogP contribution is -2.30. The highest BCUT2D eigenvalue weighted by atomic mass is 35.5. The van der Waals surface area contributed by atoms with Crippen LogP contribution in [0.5, 0.6) is 0 Å². The number of carbonyl (C=O) groups is 1. The van der Waals surface area contributed by atoms with Crippen molar-refractivity contribution in [1.82, 2.24) is 24.6 Å². The molecule has 0 spiro atoms. The van der Waals surface area contributed by atoms with Crippen LogP contribution in [0.4, 0.5) is 5.13 Å². The number of carbonyl (C=O) groups excluding carboxylic acids is 1. The summed E-state index contributed by atoms with van der Waals surface area (Å²) in [5.74, 6) is -0.0504. The van der Waals surface area contributed by atoms with Gasteiger partial charge in [0.05, 0.1) is 22.0 Å². The normalized spacial score (nSPS) is 11.8. The number of hydrogen-bond acceptors (Lipinski definition) is 10. The van der Waals surface area contributed by atoms with Crippen LogP contribution in [0.1, 0.15) is 23.2 Å². The lowest BCUT2D eigenvalue weighted by molar-refractivity contribution is 0.102. The lowest BCUT2D eigenvalue weighted by Gasteiger charge is -2.15. The van der Waals surface area contributed by atoms with Gasteiger partial charge in [-0.25, -0.2) is 8.42 Å². The first-order chi connectivity index (χ1) is 15.8. The van der Waals surface area contributed by atoms with Gasteiger partial charge in [-0.05, 0) is 29.6 Å². The molecule has 1 N–H and O–H groups in total. The molecule has 0 saturated heterocycles. The third-order valence-electron chi connectivity index (χ3n) is 4.24. The topological polar surface area (TPSA) is 131 Å². The molecule has 0 aliphatic carbocycles. The third-order valence-corrected chi connectivity index (χ3v) is 8.76. The van der Waals surface area contributed by atoms with Crippen LogP contribution in [0.25, 0.3) is 10.7 Å². The molecule has 0 atom stereocenters. The van der Waals surface area contributed by atoms with Gasteiger partial charge in [0.25, 0.3) is 15.9 Å². The maximum Gasteiger partial charge on any atom is 0.272 e. The minimum atomic E-state index is -4.03. The molecule has 1 amide bonds. The van der Waals surface area contributed by atoms with Gasteiger partial charge in [-0.15, -0.1) is 21.5 Å². The molecule has 0 aliphatic heterocycles. The molecule has 0 fully saturated rings. The van der Waals surface area contributed by atoms with Gasteiger partial charge in [0.15, 0.2) is 0 Å². The van der Waals surface area contributed by atoms with E-state index in [9.17, 15) is 13.2 Å². The fourth-order valence-electron chi connectivity index (χ4n) is 2.66. The fourth-order valence-corrected chi connectivity index (χ4v) is 6.23. The van der Waals surface area contributed by atoms with Gasteiger partial charge in [0, 0.05) is 11.6 Å². The summed E-state index contributed by atoms with van der Waals surface area (Å²) in [5, 5.41) is 16.3. The second-order valence-electron chi connectivity index (χ2n) is 6.37. The summed E-state index contributed by atoms with van der Waals surface area (Å²) < 4.78 is 32.2. The molecule has 3 aromatic heterocycles. The summed E-state index contributed by atoms with van der Waals surface area (Å²) in [5.41, 5.74) is 0.161. The van der Waals surface area contributed by atoms with Gasteiger partial charge in [-0.1, -0.05) is 52.7 Å². The Morgan fingerprint density at radius 2 is 2.06 bits per heavy atom. The zero-order chi connectivity index (χ0) is 23.6. The van der Waals surface area contributed by atoms with Crippen LogP contribution in [0.3, 0.4) is 0 Å². The molecular formula is C18H14Cl2N6O4S3. The molecule has 0 radical (unpaired) electrons. The zero-order valence-electron chi connectivity index (χ0n) is 16.7. The Hall–Kier alpha value is -2.42. The maximum atomic E-state index is 13.1. The third kappa shape index (κ3) is 5.23. The molecule has 33 heavy (non-hydrogen) atoms. The van der Waals surface area contributed by atoms with E-state index in [1.54, 1.807) is 6.92 Å². The van der Waals surface area contributed by atoms with E-state index in [2.05, 4.69) is 25.7 Å². The van der Waals surface area contributed by atoms with E-state index in [0.29, 0.717) is 22.2 Å². The number of rotatable bonds is 8. The first-order valence-corrected chi connectivity index (χ1v) is 13.1. The van der Waals surface area contributed by atoms with Crippen LogP contribution in [0.15, 0.2) is 44.6 Å². The Labute approximate surface area is 206 Å². The lowest BCUT2D eigenvalue weighted by atomic mass is 10.2. The van der Waals surface area contributed by atoms with Gasteiger partial charge in [-0.3, -0.25) is 10.1 Å². The number of hydrogen-bond donors (Lipinski definition) is 1. The van der Waals surface area contributed by atoms with Crippen LogP contribution < -0.4 is 5.32 Å². The average Bonchev–Trinajstić information content (AvgIpc) is 3.53. The summed E-state index contributed by atoms with van der Waals surface area (Å²) >= 11 is 14.0. The van der Waals surface area contributed by atoms with Crippen LogP contribution in [-0.4, -0.2) is 45.5 Å². The molecule has 3 heterocycles. The number of aromatic nitrogens is 4. The summed E-state index contributed by atoms with van der Waals surface area (Å²) in [6.07, 6.45) is 0. The monoisotopic (exact) mass is 544 g/mol. The second kappa shape index (κ2) is 9.83. The molecule has 4 rings (SSSR count). The largest absolute Gasteiger partial charge is 0.337 e. The minimum Gasteiger partial charge on any atom is -0.337 e. The molecule has 172 valence electrons. The van der Waals surface area contributed by atoms with Crippen molar-refractivity contribution >= 4 is 66.9 Å². The van der Waals surface area contributed by atoms with Gasteiger partial charge in [-0.2, -0.15) is 9.29 Å². The van der Waals surface area contributed by atoms with E-state index in [1.807, 2.05) is 17.5 Å². The number of nitrogens with zero attached hydrogens (tertiary/aromatic N) is 5. The summed E-state index contributed by atoms with van der Waals surface area (Å²) in [4.78, 5) is 17.5. The quantitative estimate of drug-likeness (QED) is 0.322. The minimum absolute atomic E-state index is 0.00147. The predicted octanol–water partition coefficient (Wildman–Crippen LogP) is 4.42. The average molecular weight is 545 g/mol. The highest BCUT2D eigenvalue weighted by Gasteiger charge is 2.30. The van der Waals surface area contributed by atoms with Crippen LogP contribution in [-0.2, 0) is 16.6 Å². The van der Waals surface area contributed by atoms with E-state index >= 15 is 0 Å². The van der Waals surface area contributed by atoms with Crippen LogP contribution in [0, 0.1) is 0 Å². The Kier molecular flexibility index (Phi) is 7.07. The highest BCUT2D eigenvalue weighted by Crippen LogP contribution is 2.27. The van der Waals surface area contributed by atoms with Crippen molar-refractivity contribution in [3.63, 3.8) is 0 Å². The first-order valence-electron chi connectivity index (χ1n) is 9.24. The predicted molar refractivity (Wildman–Crippen MR) is 125 cm³/mol. The van der Waals surface area contributed by atoms with E-state index in [0.717, 1.165) is 9.18 Å². The first kappa shape index (κ1) is 23.7. The number of nitrogens with one attached hydrogen (secondary N) is 1. The van der Waals surface area contributed by atoms with E-state index in [1.165, 1.54) is 29.5 Å². The summed E-state index contributed by atoms with van der Waals surface area (Å²) in [6, 6.07) is 8.08. The van der Waals surface area contributed by atoms with Gasteiger partial charge in [0.1, 0.15) is 0 Å². The number of sulfonamides is 1. The van der Waals surface area contributed by atoms with Crippen LogP contribution >= 0.6 is 45.9 Å². The van der Waals surface area contributed by atoms with Crippen molar-refractivity contribution in [2.45, 2.75) is 17.8 Å². The van der Waals surface area contributed by atoms with Gasteiger partial charge in [0.2, 0.25) is 21.2 Å². The Balaban J connectivity index is 1.49. The number of anilines is 1. The van der Waals surface area contributed by atoms with Crippen LogP contribution in [0.2, 0.25) is 10.0 Å². The van der Waals surface area contributed by atoms with E-state index in [4.69, 9.17) is 27.7 Å². The molecule has 4 aromatic rings. The molecule has 0 aliphatic rings. The number of amides is 1. The van der Waals surface area contributed by atoms with Crippen molar-refractivity contribution in [1.29, 1.82) is 0 Å². The SMILES string of the molecule is CCN(Cc1nc(-c2cccs2)no1)S(=O)(=O)c1nnc(NC(=O)c2ccc(Cl)cc2Cl)s1. The Morgan fingerprint density at radius 1 is 1.24 bits per heavy atom. The molecule has 0 bridgehead atoms. The van der Waals surface area contributed by atoms with Gasteiger partial charge < -0.3 is 4.52 Å². The van der Waals surface area contributed by atoms with Gasteiger partial charge >= 0.3 is 0 Å². The zero-order valence-corrected chi connectivity index (χ0v) is 20.7. The van der Waals surface area contributed by atoms with Crippen molar-refractivity contribution in [3.8, 4) is 10.7 Å². The van der Waals surface area contributed by atoms with Crippen molar-refractivity contribution in [2.75, 3.05) is 11.9 Å². The Morgan fingerprint density at radius 3 is 2.76 bits per heavy atom. The summed E-state index contributed by atoms with van der Waals surface area (Å²) in [7, 11) is -4.03. The summed E-state index contributed by atoms with van der Waals surface area (Å²) in [6.45, 7) is 1.65. The molecular weight excluding hydrogens is 531 g/mol. The second-order valence-corrected chi connectivity index (χ2v) is 11.3. The molecule has 0 saturated carbocycles. The highest BCUT2D eigenvalue weighted by molar-refractivity contribution is 7.91. The number of benzene rings is 1. The maximum absolute atomic E-state index is 13.1. The van der Waals surface area contributed by atoms with Crippen molar-refractivity contribution in [2.24, 2.45) is 0 Å². The van der Waals surface area contributed by atoms with Crippen molar-refractivity contribution < 1.29 is 17.7 Å². The molecule has 15 heteroatoms. The van der Waals surface area contributed by atoms with E-state index in [-0.39, 0.29) is 39.0 Å². The molecule has 10 nitrogen and oxygen atoms in total. The fraction of sp³-hybridized carbons (Fsp3) is 0.167. The molecule has 1 aromatic carbocycles. The van der Waals surface area contributed by atoms with Crippen molar-refractivity contribution in [3.05, 3.63) is 57.2 Å². The standard InChI is InChI=1S/C18H14Cl2N6O4S3/c1-2-26(9-14-21-15(25-30-14)13-4-3-7-31-13)33(28,29)18-24-23-17(32-18)22-16(27)11-6-5-10(19)8-12(11)20/h3-8H,2,9H2,1H3,(H,22,23,27). The van der Waals surface area contributed by atoms with E-state index < -0.39 is 15.9 Å².